The Bertz CT molecular complexity index is 470. The van der Waals surface area contributed by atoms with Gasteiger partial charge < -0.3 is 11.1 Å². The lowest BCUT2D eigenvalue weighted by atomic mass is 10.0. The number of rotatable bonds is 6. The third-order valence-electron chi connectivity index (χ3n) is 3.08. The van der Waals surface area contributed by atoms with Crippen molar-refractivity contribution in [3.05, 3.63) is 33.9 Å². The van der Waals surface area contributed by atoms with Crippen LogP contribution in [0.15, 0.2) is 18.2 Å². The van der Waals surface area contributed by atoms with Crippen LogP contribution >= 0.6 is 0 Å². The van der Waals surface area contributed by atoms with E-state index in [1.807, 2.05) is 6.92 Å². The molecule has 0 radical (unpaired) electrons. The van der Waals surface area contributed by atoms with Crippen LogP contribution in [-0.2, 0) is 4.79 Å². The molecule has 3 N–H and O–H groups in total. The minimum Gasteiger partial charge on any atom is -0.330 e. The van der Waals surface area contributed by atoms with Crippen molar-refractivity contribution in [3.63, 3.8) is 0 Å². The summed E-state index contributed by atoms with van der Waals surface area (Å²) in [6, 6.07) is 4.37. The lowest BCUT2D eigenvalue weighted by Gasteiger charge is -2.13. The first kappa shape index (κ1) is 15.1. The first-order valence-electron chi connectivity index (χ1n) is 6.22. The molecule has 0 aromatic heterocycles. The van der Waals surface area contributed by atoms with Gasteiger partial charge in [-0.2, -0.15) is 0 Å². The number of nitrogens with one attached hydrogen (secondary N) is 1. The summed E-state index contributed by atoms with van der Waals surface area (Å²) < 4.78 is 0. The molecule has 0 fully saturated rings. The van der Waals surface area contributed by atoms with E-state index in [-0.39, 0.29) is 17.5 Å². The minimum atomic E-state index is -0.458. The maximum absolute atomic E-state index is 11.8. The summed E-state index contributed by atoms with van der Waals surface area (Å²) >= 11 is 0. The van der Waals surface area contributed by atoms with Gasteiger partial charge >= 0.3 is 0 Å². The molecule has 0 aliphatic rings. The fraction of sp³-hybridized carbons (Fsp3) is 0.462. The average molecular weight is 265 g/mol. The molecule has 1 atom stereocenters. The van der Waals surface area contributed by atoms with Crippen LogP contribution in [0, 0.1) is 23.0 Å². The lowest BCUT2D eigenvalue weighted by Crippen LogP contribution is -2.22. The van der Waals surface area contributed by atoms with Crippen LogP contribution in [0.25, 0.3) is 0 Å². The van der Waals surface area contributed by atoms with Crippen molar-refractivity contribution in [2.45, 2.75) is 26.7 Å². The Balaban J connectivity index is 2.72. The predicted octanol–water partition coefficient (Wildman–Crippen LogP) is 2.22. The average Bonchev–Trinajstić information content (AvgIpc) is 2.38. The number of hydrogen-bond donors (Lipinski definition) is 2. The quantitative estimate of drug-likeness (QED) is 0.608. The minimum absolute atomic E-state index is 0.0175. The van der Waals surface area contributed by atoms with Crippen molar-refractivity contribution in [2.24, 2.45) is 11.7 Å². The molecule has 0 saturated carbocycles. The van der Waals surface area contributed by atoms with Crippen molar-refractivity contribution in [1.29, 1.82) is 0 Å². The number of carbonyl (C=O) groups excluding carboxylic acids is 1. The first-order chi connectivity index (χ1) is 8.97. The van der Waals surface area contributed by atoms with E-state index in [0.29, 0.717) is 24.2 Å². The number of nitro benzene ring substituents is 1. The van der Waals surface area contributed by atoms with Gasteiger partial charge in [0.1, 0.15) is 0 Å². The Morgan fingerprint density at radius 3 is 2.68 bits per heavy atom. The number of benzene rings is 1. The Kier molecular flexibility index (Phi) is 5.44. The number of nitrogens with zero attached hydrogens (tertiary/aromatic N) is 1. The number of carbonyl (C=O) groups is 1. The van der Waals surface area contributed by atoms with Crippen molar-refractivity contribution in [1.82, 2.24) is 0 Å². The summed E-state index contributed by atoms with van der Waals surface area (Å²) in [7, 11) is 0. The van der Waals surface area contributed by atoms with Gasteiger partial charge in [0.25, 0.3) is 5.69 Å². The summed E-state index contributed by atoms with van der Waals surface area (Å²) in [5, 5.41) is 13.4. The lowest BCUT2D eigenvalue weighted by molar-refractivity contribution is -0.384. The molecule has 1 unspecified atom stereocenters. The van der Waals surface area contributed by atoms with Crippen LogP contribution in [0.1, 0.15) is 25.3 Å². The molecule has 0 spiro atoms. The highest BCUT2D eigenvalue weighted by atomic mass is 16.6. The number of hydrogen-bond acceptors (Lipinski definition) is 4. The van der Waals surface area contributed by atoms with E-state index in [2.05, 4.69) is 5.32 Å². The van der Waals surface area contributed by atoms with Gasteiger partial charge in [0.2, 0.25) is 5.91 Å². The van der Waals surface area contributed by atoms with E-state index >= 15 is 0 Å². The molecule has 0 bridgehead atoms. The van der Waals surface area contributed by atoms with Gasteiger partial charge in [-0.25, -0.2) is 0 Å². The summed E-state index contributed by atoms with van der Waals surface area (Å²) in [6.07, 6.45) is 1.21. The smallest absolute Gasteiger partial charge is 0.269 e. The number of amides is 1. The Morgan fingerprint density at radius 2 is 2.21 bits per heavy atom. The van der Waals surface area contributed by atoms with Gasteiger partial charge in [0.05, 0.1) is 4.92 Å². The van der Waals surface area contributed by atoms with E-state index in [4.69, 9.17) is 5.73 Å². The first-order valence-corrected chi connectivity index (χ1v) is 6.22. The van der Waals surface area contributed by atoms with Crippen molar-refractivity contribution in [3.8, 4) is 0 Å². The molecular formula is C13H19N3O3. The molecule has 19 heavy (non-hydrogen) atoms. The predicted molar refractivity (Wildman–Crippen MR) is 73.9 cm³/mol. The van der Waals surface area contributed by atoms with Gasteiger partial charge in [-0.3, -0.25) is 14.9 Å². The molecule has 1 aromatic rings. The van der Waals surface area contributed by atoms with Crippen LogP contribution in [0.4, 0.5) is 11.4 Å². The van der Waals surface area contributed by atoms with Crippen LogP contribution in [0.3, 0.4) is 0 Å². The second kappa shape index (κ2) is 6.84. The zero-order valence-electron chi connectivity index (χ0n) is 11.2. The van der Waals surface area contributed by atoms with Crippen LogP contribution in [-0.4, -0.2) is 17.4 Å². The van der Waals surface area contributed by atoms with Crippen LogP contribution in [0.2, 0.25) is 0 Å². The zero-order valence-corrected chi connectivity index (χ0v) is 11.2. The SMILES string of the molecule is CCC(CN)CC(=O)Nc1ccc([N+](=O)[O-])cc1C. The van der Waals surface area contributed by atoms with Gasteiger partial charge in [0, 0.05) is 24.2 Å². The molecule has 6 heteroatoms. The van der Waals surface area contributed by atoms with Gasteiger partial charge in [0.15, 0.2) is 0 Å². The highest BCUT2D eigenvalue weighted by Gasteiger charge is 2.13. The van der Waals surface area contributed by atoms with Crippen LogP contribution in [0.5, 0.6) is 0 Å². The molecule has 0 saturated heterocycles. The number of non-ortho nitro benzene ring substituents is 1. The molecule has 1 amide bonds. The third kappa shape index (κ3) is 4.33. The van der Waals surface area contributed by atoms with E-state index in [0.717, 1.165) is 6.42 Å². The Hall–Kier alpha value is -1.95. The maximum Gasteiger partial charge on any atom is 0.269 e. The second-order valence-electron chi connectivity index (χ2n) is 4.52. The number of nitro groups is 1. The Morgan fingerprint density at radius 1 is 1.53 bits per heavy atom. The molecule has 0 aliphatic carbocycles. The van der Waals surface area contributed by atoms with Gasteiger partial charge in [-0.15, -0.1) is 0 Å². The zero-order chi connectivity index (χ0) is 14.4. The topological polar surface area (TPSA) is 98.3 Å². The largest absolute Gasteiger partial charge is 0.330 e. The Labute approximate surface area is 112 Å². The molecule has 0 aliphatic heterocycles. The molecule has 104 valence electrons. The van der Waals surface area contributed by atoms with E-state index in [1.165, 1.54) is 12.1 Å². The van der Waals surface area contributed by atoms with Gasteiger partial charge in [-0.1, -0.05) is 13.3 Å². The van der Waals surface area contributed by atoms with E-state index in [9.17, 15) is 14.9 Å². The molecule has 1 rings (SSSR count). The molecule has 0 heterocycles. The summed E-state index contributed by atoms with van der Waals surface area (Å²) in [6.45, 7) is 4.19. The van der Waals surface area contributed by atoms with E-state index < -0.39 is 4.92 Å². The van der Waals surface area contributed by atoms with Crippen molar-refractivity contribution in [2.75, 3.05) is 11.9 Å². The second-order valence-corrected chi connectivity index (χ2v) is 4.52. The summed E-state index contributed by atoms with van der Waals surface area (Å²) in [5.74, 6) is 0.0487. The summed E-state index contributed by atoms with van der Waals surface area (Å²) in [4.78, 5) is 22.0. The van der Waals surface area contributed by atoms with Gasteiger partial charge in [-0.05, 0) is 31.0 Å². The molecule has 6 nitrogen and oxygen atoms in total. The molecule has 1 aromatic carbocycles. The summed E-state index contributed by atoms with van der Waals surface area (Å²) in [5.41, 5.74) is 6.84. The number of nitrogens with two attached hydrogens (primary N) is 1. The maximum atomic E-state index is 11.8. The number of anilines is 1. The monoisotopic (exact) mass is 265 g/mol. The fourth-order valence-corrected chi connectivity index (χ4v) is 1.76. The number of aryl methyl sites for hydroxylation is 1. The van der Waals surface area contributed by atoms with E-state index in [1.54, 1.807) is 13.0 Å². The van der Waals surface area contributed by atoms with Crippen molar-refractivity contribution >= 4 is 17.3 Å². The molecular weight excluding hydrogens is 246 g/mol. The standard InChI is InChI=1S/C13H19N3O3/c1-3-10(8-14)7-13(17)15-12-5-4-11(16(18)19)6-9(12)2/h4-6,10H,3,7-8,14H2,1-2H3,(H,15,17). The van der Waals surface area contributed by atoms with Crippen molar-refractivity contribution < 1.29 is 9.72 Å². The third-order valence-corrected chi connectivity index (χ3v) is 3.08. The highest BCUT2D eigenvalue weighted by molar-refractivity contribution is 5.91. The van der Waals surface area contributed by atoms with Crippen LogP contribution < -0.4 is 11.1 Å². The fourth-order valence-electron chi connectivity index (χ4n) is 1.76. The normalized spacial score (nSPS) is 11.9. The highest BCUT2D eigenvalue weighted by Crippen LogP contribution is 2.21.